The molecule has 90 valence electrons. The largest absolute Gasteiger partial charge is 0.463 e. The van der Waals surface area contributed by atoms with Crippen LogP contribution in [0, 0.1) is 0 Å². The first-order chi connectivity index (χ1) is 8.22. The minimum absolute atomic E-state index is 0.0705. The van der Waals surface area contributed by atoms with Gasteiger partial charge in [0, 0.05) is 11.4 Å². The van der Waals surface area contributed by atoms with Crippen LogP contribution in [-0.2, 0) is 0 Å². The van der Waals surface area contributed by atoms with Gasteiger partial charge in [0.15, 0.2) is 0 Å². The Morgan fingerprint density at radius 2 is 2.24 bits per heavy atom. The molecule has 1 aromatic carbocycles. The minimum Gasteiger partial charge on any atom is -0.463 e. The number of carbonyl (C=O) groups is 1. The topological polar surface area (TPSA) is 68.3 Å². The molecule has 0 aliphatic heterocycles. The van der Waals surface area contributed by atoms with Crippen molar-refractivity contribution in [1.82, 2.24) is 5.32 Å². The van der Waals surface area contributed by atoms with E-state index < -0.39 is 0 Å². The summed E-state index contributed by atoms with van der Waals surface area (Å²) in [4.78, 5) is 12.0. The fraction of sp³-hybridized carbons (Fsp3) is 0.308. The average Bonchev–Trinajstić information content (AvgIpc) is 2.72. The van der Waals surface area contributed by atoms with E-state index in [1.807, 2.05) is 31.2 Å². The maximum atomic E-state index is 12.0. The molecule has 1 atom stereocenters. The van der Waals surface area contributed by atoms with Crippen LogP contribution in [0.1, 0.15) is 23.7 Å². The Morgan fingerprint density at radius 3 is 3.00 bits per heavy atom. The van der Waals surface area contributed by atoms with Gasteiger partial charge in [-0.05, 0) is 26.0 Å². The molecule has 0 aliphatic carbocycles. The molecule has 1 amide bonds. The van der Waals surface area contributed by atoms with E-state index >= 15 is 0 Å². The van der Waals surface area contributed by atoms with Crippen molar-refractivity contribution in [1.29, 1.82) is 0 Å². The average molecular weight is 232 g/mol. The SMILES string of the molecule is CC(CCN)NC(=O)c1coc2ccccc12. The van der Waals surface area contributed by atoms with Crippen LogP contribution in [0.15, 0.2) is 34.9 Å². The maximum absolute atomic E-state index is 12.0. The van der Waals surface area contributed by atoms with Gasteiger partial charge in [0.2, 0.25) is 0 Å². The molecule has 0 spiro atoms. The second kappa shape index (κ2) is 5.01. The van der Waals surface area contributed by atoms with Crippen molar-refractivity contribution in [3.05, 3.63) is 36.1 Å². The van der Waals surface area contributed by atoms with Crippen LogP contribution < -0.4 is 11.1 Å². The molecule has 3 N–H and O–H groups in total. The Kier molecular flexibility index (Phi) is 3.44. The highest BCUT2D eigenvalue weighted by molar-refractivity contribution is 6.05. The number of rotatable bonds is 4. The minimum atomic E-state index is -0.115. The molecular weight excluding hydrogens is 216 g/mol. The lowest BCUT2D eigenvalue weighted by Gasteiger charge is -2.11. The van der Waals surface area contributed by atoms with Gasteiger partial charge in [-0.25, -0.2) is 0 Å². The van der Waals surface area contributed by atoms with E-state index in [0.717, 1.165) is 17.4 Å². The quantitative estimate of drug-likeness (QED) is 0.846. The summed E-state index contributed by atoms with van der Waals surface area (Å²) in [5.41, 5.74) is 6.74. The van der Waals surface area contributed by atoms with Crippen molar-refractivity contribution >= 4 is 16.9 Å². The summed E-state index contributed by atoms with van der Waals surface area (Å²) < 4.78 is 5.33. The predicted octanol–water partition coefficient (Wildman–Crippen LogP) is 1.90. The molecule has 0 saturated heterocycles. The number of furan rings is 1. The number of hydrogen-bond acceptors (Lipinski definition) is 3. The van der Waals surface area contributed by atoms with Gasteiger partial charge in [-0.1, -0.05) is 18.2 Å². The third-order valence-electron chi connectivity index (χ3n) is 2.70. The van der Waals surface area contributed by atoms with E-state index in [0.29, 0.717) is 12.1 Å². The van der Waals surface area contributed by atoms with Gasteiger partial charge in [0.05, 0.1) is 5.56 Å². The van der Waals surface area contributed by atoms with Crippen LogP contribution in [0.4, 0.5) is 0 Å². The second-order valence-corrected chi connectivity index (χ2v) is 4.10. The van der Waals surface area contributed by atoms with Crippen molar-refractivity contribution in [2.75, 3.05) is 6.54 Å². The lowest BCUT2D eigenvalue weighted by molar-refractivity contribution is 0.0939. The molecule has 0 fully saturated rings. The lowest BCUT2D eigenvalue weighted by Crippen LogP contribution is -2.33. The van der Waals surface area contributed by atoms with Gasteiger partial charge in [-0.15, -0.1) is 0 Å². The molecule has 1 aromatic heterocycles. The molecule has 1 unspecified atom stereocenters. The van der Waals surface area contributed by atoms with E-state index in [9.17, 15) is 4.79 Å². The van der Waals surface area contributed by atoms with Crippen LogP contribution in [0.5, 0.6) is 0 Å². The molecule has 1 heterocycles. The molecule has 2 rings (SSSR count). The van der Waals surface area contributed by atoms with Crippen molar-refractivity contribution in [3.8, 4) is 0 Å². The normalized spacial score (nSPS) is 12.6. The maximum Gasteiger partial charge on any atom is 0.255 e. The standard InChI is InChI=1S/C13H16N2O2/c1-9(6-7-14)15-13(16)11-8-17-12-5-3-2-4-10(11)12/h2-5,8-9H,6-7,14H2,1H3,(H,15,16). The Morgan fingerprint density at radius 1 is 1.47 bits per heavy atom. The zero-order chi connectivity index (χ0) is 12.3. The number of para-hydroxylation sites is 1. The third kappa shape index (κ3) is 2.47. The zero-order valence-corrected chi connectivity index (χ0v) is 9.77. The fourth-order valence-corrected chi connectivity index (χ4v) is 1.78. The molecule has 0 saturated carbocycles. The molecule has 2 aromatic rings. The fourth-order valence-electron chi connectivity index (χ4n) is 1.78. The lowest BCUT2D eigenvalue weighted by atomic mass is 10.1. The summed E-state index contributed by atoms with van der Waals surface area (Å²) in [5.74, 6) is -0.115. The van der Waals surface area contributed by atoms with E-state index in [1.54, 1.807) is 0 Å². The van der Waals surface area contributed by atoms with Gasteiger partial charge in [-0.2, -0.15) is 0 Å². The van der Waals surface area contributed by atoms with Crippen molar-refractivity contribution < 1.29 is 9.21 Å². The summed E-state index contributed by atoms with van der Waals surface area (Å²) in [5, 5.41) is 3.73. The number of nitrogens with two attached hydrogens (primary N) is 1. The van der Waals surface area contributed by atoms with Gasteiger partial charge in [0.1, 0.15) is 11.8 Å². The van der Waals surface area contributed by atoms with Crippen molar-refractivity contribution in [2.24, 2.45) is 5.73 Å². The number of amides is 1. The first-order valence-electron chi connectivity index (χ1n) is 5.69. The van der Waals surface area contributed by atoms with Crippen LogP contribution in [-0.4, -0.2) is 18.5 Å². The summed E-state index contributed by atoms with van der Waals surface area (Å²) in [6.07, 6.45) is 2.26. The Labute approximate surface area is 99.8 Å². The van der Waals surface area contributed by atoms with Crippen LogP contribution in [0.2, 0.25) is 0 Å². The smallest absolute Gasteiger partial charge is 0.255 e. The number of hydrogen-bond donors (Lipinski definition) is 2. The van der Waals surface area contributed by atoms with E-state index in [2.05, 4.69) is 5.32 Å². The summed E-state index contributed by atoms with van der Waals surface area (Å²) in [6, 6.07) is 7.56. The Hall–Kier alpha value is -1.81. The number of carbonyl (C=O) groups excluding carboxylic acids is 1. The molecular formula is C13H16N2O2. The number of nitrogens with one attached hydrogen (secondary N) is 1. The third-order valence-corrected chi connectivity index (χ3v) is 2.70. The molecule has 0 aliphatic rings. The first kappa shape index (κ1) is 11.7. The van der Waals surface area contributed by atoms with E-state index in [1.165, 1.54) is 6.26 Å². The highest BCUT2D eigenvalue weighted by Crippen LogP contribution is 2.20. The van der Waals surface area contributed by atoms with Crippen LogP contribution in [0.25, 0.3) is 11.0 Å². The van der Waals surface area contributed by atoms with Crippen molar-refractivity contribution in [3.63, 3.8) is 0 Å². The monoisotopic (exact) mass is 232 g/mol. The molecule has 4 heteroatoms. The molecule has 4 nitrogen and oxygen atoms in total. The number of fused-ring (bicyclic) bond motifs is 1. The summed E-state index contributed by atoms with van der Waals surface area (Å²) >= 11 is 0. The van der Waals surface area contributed by atoms with Gasteiger partial charge in [0.25, 0.3) is 5.91 Å². The first-order valence-corrected chi connectivity index (χ1v) is 5.69. The molecule has 0 radical (unpaired) electrons. The Balaban J connectivity index is 2.19. The second-order valence-electron chi connectivity index (χ2n) is 4.10. The van der Waals surface area contributed by atoms with Crippen LogP contribution >= 0.6 is 0 Å². The highest BCUT2D eigenvalue weighted by Gasteiger charge is 2.14. The number of benzene rings is 1. The predicted molar refractivity (Wildman–Crippen MR) is 66.8 cm³/mol. The Bertz CT molecular complexity index is 519. The van der Waals surface area contributed by atoms with Gasteiger partial charge >= 0.3 is 0 Å². The summed E-state index contributed by atoms with van der Waals surface area (Å²) in [7, 11) is 0. The van der Waals surface area contributed by atoms with Gasteiger partial charge in [-0.3, -0.25) is 4.79 Å². The van der Waals surface area contributed by atoms with E-state index in [-0.39, 0.29) is 11.9 Å². The molecule has 17 heavy (non-hydrogen) atoms. The van der Waals surface area contributed by atoms with Crippen molar-refractivity contribution in [2.45, 2.75) is 19.4 Å². The van der Waals surface area contributed by atoms with Crippen LogP contribution in [0.3, 0.4) is 0 Å². The summed E-state index contributed by atoms with van der Waals surface area (Å²) in [6.45, 7) is 2.50. The highest BCUT2D eigenvalue weighted by atomic mass is 16.3. The van der Waals surface area contributed by atoms with Gasteiger partial charge < -0.3 is 15.5 Å². The zero-order valence-electron chi connectivity index (χ0n) is 9.77. The van der Waals surface area contributed by atoms with E-state index in [4.69, 9.17) is 10.2 Å². The molecule has 0 bridgehead atoms.